The van der Waals surface area contributed by atoms with E-state index in [-0.39, 0.29) is 60.2 Å². The summed E-state index contributed by atoms with van der Waals surface area (Å²) in [7, 11) is 0. The molecule has 0 N–H and O–H groups in total. The van der Waals surface area contributed by atoms with E-state index in [1.807, 2.05) is 13.8 Å². The Morgan fingerprint density at radius 2 is 1.86 bits per heavy atom. The van der Waals surface area contributed by atoms with Crippen LogP contribution in [0.1, 0.15) is 59.3 Å². The summed E-state index contributed by atoms with van der Waals surface area (Å²) in [5, 5.41) is 10.6. The molecule has 4 heterocycles. The molecule has 1 saturated carbocycles. The van der Waals surface area contributed by atoms with E-state index < -0.39 is 35.9 Å². The Morgan fingerprint density at radius 1 is 1.11 bits per heavy atom. The first-order valence-electron chi connectivity index (χ1n) is 9.84. The third-order valence-electron chi connectivity index (χ3n) is 6.88. The first-order valence-corrected chi connectivity index (χ1v) is 9.84. The zero-order valence-corrected chi connectivity index (χ0v) is 19.0. The second-order valence-electron chi connectivity index (χ2n) is 8.64. The first kappa shape index (κ1) is 22.5. The van der Waals surface area contributed by atoms with Gasteiger partial charge in [0, 0.05) is 24.2 Å². The van der Waals surface area contributed by atoms with Crippen LogP contribution in [0.25, 0.3) is 0 Å². The summed E-state index contributed by atoms with van der Waals surface area (Å²) in [6.45, 7) is 6.04. The van der Waals surface area contributed by atoms with E-state index in [4.69, 9.17) is 24.0 Å². The molecule has 2 bridgehead atoms. The van der Waals surface area contributed by atoms with Gasteiger partial charge in [-0.25, -0.2) is 9.78 Å². The number of fused-ring (bicyclic) bond motifs is 2. The van der Waals surface area contributed by atoms with Crippen LogP contribution in [0.5, 0.6) is 0 Å². The smallest absolute Gasteiger partial charge is 0.550 e. The van der Waals surface area contributed by atoms with Crippen LogP contribution in [0, 0.1) is 23.7 Å². The van der Waals surface area contributed by atoms with Crippen molar-refractivity contribution < 1.29 is 68.2 Å². The van der Waals surface area contributed by atoms with Crippen LogP contribution >= 0.6 is 0 Å². The van der Waals surface area contributed by atoms with Crippen molar-refractivity contribution in [3.63, 3.8) is 0 Å². The minimum atomic E-state index is -1.28. The van der Waals surface area contributed by atoms with Crippen LogP contribution in [0.15, 0.2) is 0 Å². The Labute approximate surface area is 186 Å². The monoisotopic (exact) mass is 406 g/mol. The number of hydrogen-bond acceptors (Lipinski definition) is 8. The van der Waals surface area contributed by atoms with E-state index >= 15 is 0 Å². The molecule has 0 unspecified atom stereocenters. The van der Waals surface area contributed by atoms with Crippen LogP contribution in [0.3, 0.4) is 0 Å². The molecule has 9 heteroatoms. The average molecular weight is 406 g/mol. The topological polar surface area (TPSA) is 103 Å². The van der Waals surface area contributed by atoms with Crippen molar-refractivity contribution in [2.45, 2.75) is 83.3 Å². The van der Waals surface area contributed by atoms with Gasteiger partial charge in [-0.05, 0) is 44.4 Å². The molecule has 0 aromatic heterocycles. The van der Waals surface area contributed by atoms with Gasteiger partial charge in [0.15, 0.2) is 11.9 Å². The van der Waals surface area contributed by atoms with Crippen molar-refractivity contribution >= 4 is 11.9 Å². The molecule has 0 aromatic rings. The van der Waals surface area contributed by atoms with E-state index in [0.717, 1.165) is 19.3 Å². The molecular weight excluding hydrogens is 379 g/mol. The molecule has 0 radical (unpaired) electrons. The number of carbonyl (C=O) groups is 2. The largest absolute Gasteiger partial charge is 1.00 e. The fourth-order valence-electron chi connectivity index (χ4n) is 5.40. The van der Waals surface area contributed by atoms with Gasteiger partial charge >= 0.3 is 35.5 Å². The first-order chi connectivity index (χ1) is 12.7. The summed E-state index contributed by atoms with van der Waals surface area (Å²) in [6.07, 6.45) is 1.48. The number of carboxylic acids is 1. The fraction of sp³-hybridized carbons (Fsp3) is 0.895. The third-order valence-corrected chi connectivity index (χ3v) is 6.88. The molecule has 5 rings (SSSR count). The van der Waals surface area contributed by atoms with Gasteiger partial charge in [-0.2, -0.15) is 0 Å². The van der Waals surface area contributed by atoms with Crippen LogP contribution < -0.4 is 34.7 Å². The second-order valence-corrected chi connectivity index (χ2v) is 8.64. The standard InChI is InChI=1S/C19H28O8.Na/c1-10-4-5-13-11(2)16(23-15(22)7-6-14(20)21)24-17-19(13)12(10)8-9-18(3,25-17)26-27-19;/h10-13,16-17H,4-9H2,1-3H3,(H,20,21);/q;+1/p-1/t10-,11-,12+,13+,16-,17-,18-,19-;/m1./s1. The number of rotatable bonds is 4. The maximum Gasteiger partial charge on any atom is 1.00 e. The molecule has 4 saturated heterocycles. The molecule has 1 spiro atoms. The molecule has 0 amide bonds. The van der Waals surface area contributed by atoms with E-state index in [1.54, 1.807) is 0 Å². The summed E-state index contributed by atoms with van der Waals surface area (Å²) in [4.78, 5) is 34.4. The van der Waals surface area contributed by atoms with Gasteiger partial charge in [0.2, 0.25) is 12.1 Å². The summed E-state index contributed by atoms with van der Waals surface area (Å²) in [5.41, 5.74) is -0.707. The van der Waals surface area contributed by atoms with Gasteiger partial charge in [-0.1, -0.05) is 13.8 Å². The Hall–Kier alpha value is -0.220. The van der Waals surface area contributed by atoms with Crippen molar-refractivity contribution in [3.8, 4) is 0 Å². The van der Waals surface area contributed by atoms with Crippen LogP contribution in [-0.4, -0.2) is 35.9 Å². The van der Waals surface area contributed by atoms with E-state index in [2.05, 4.69) is 6.92 Å². The number of hydrogen-bond donors (Lipinski definition) is 0. The minimum Gasteiger partial charge on any atom is -0.550 e. The zero-order chi connectivity index (χ0) is 19.4. The Balaban J connectivity index is 0.00000225. The second kappa shape index (κ2) is 8.13. The van der Waals surface area contributed by atoms with Crippen molar-refractivity contribution in [1.29, 1.82) is 0 Å². The van der Waals surface area contributed by atoms with Gasteiger partial charge in [-0.3, -0.25) is 4.79 Å². The predicted octanol–water partition coefficient (Wildman–Crippen LogP) is -1.73. The van der Waals surface area contributed by atoms with Crippen molar-refractivity contribution in [1.82, 2.24) is 0 Å². The predicted molar refractivity (Wildman–Crippen MR) is 87.2 cm³/mol. The van der Waals surface area contributed by atoms with Crippen molar-refractivity contribution in [2.75, 3.05) is 0 Å². The maximum atomic E-state index is 12.0. The van der Waals surface area contributed by atoms with Gasteiger partial charge < -0.3 is 24.1 Å². The van der Waals surface area contributed by atoms with Gasteiger partial charge in [0.25, 0.3) is 0 Å². The zero-order valence-electron chi connectivity index (χ0n) is 17.0. The van der Waals surface area contributed by atoms with E-state index in [9.17, 15) is 14.7 Å². The quantitative estimate of drug-likeness (QED) is 0.308. The number of aliphatic carboxylic acids is 1. The molecule has 152 valence electrons. The van der Waals surface area contributed by atoms with Gasteiger partial charge in [0.05, 0.1) is 6.42 Å². The summed E-state index contributed by atoms with van der Waals surface area (Å²) in [6, 6.07) is 0. The van der Waals surface area contributed by atoms with Crippen LogP contribution in [0.2, 0.25) is 0 Å². The molecular formula is C19H27NaO8. The Morgan fingerprint density at radius 3 is 2.57 bits per heavy atom. The SMILES string of the molecule is C[C@H]1[C@H](OC(=O)CCC(=O)[O-])O[C@@H]2O[C@@]3(C)CC[C@H]4[C@H](C)CC[C@@H]1[C@@]24OO3.[Na+]. The van der Waals surface area contributed by atoms with Crippen molar-refractivity contribution in [3.05, 3.63) is 0 Å². The Kier molecular flexibility index (Phi) is 6.53. The van der Waals surface area contributed by atoms with Crippen LogP contribution in [-0.2, 0) is 33.6 Å². The molecule has 28 heavy (non-hydrogen) atoms. The van der Waals surface area contributed by atoms with E-state index in [1.165, 1.54) is 0 Å². The number of esters is 1. The van der Waals surface area contributed by atoms with Gasteiger partial charge in [0.1, 0.15) is 0 Å². The Bertz CT molecular complexity index is 629. The summed E-state index contributed by atoms with van der Waals surface area (Å²) >= 11 is 0. The number of carbonyl (C=O) groups excluding carboxylic acids is 2. The molecule has 1 aliphatic carbocycles. The minimum absolute atomic E-state index is 0. The number of carboxylic acid groups (broad SMARTS) is 1. The maximum absolute atomic E-state index is 12.0. The van der Waals surface area contributed by atoms with Gasteiger partial charge in [-0.15, -0.1) is 0 Å². The molecule has 0 aromatic carbocycles. The van der Waals surface area contributed by atoms with E-state index in [0.29, 0.717) is 12.3 Å². The normalized spacial score (nSPS) is 46.7. The molecule has 5 aliphatic rings. The molecule has 8 nitrogen and oxygen atoms in total. The third kappa shape index (κ3) is 3.66. The van der Waals surface area contributed by atoms with Crippen molar-refractivity contribution in [2.24, 2.45) is 23.7 Å². The summed E-state index contributed by atoms with van der Waals surface area (Å²) < 4.78 is 17.7. The van der Waals surface area contributed by atoms with Crippen LogP contribution in [0.4, 0.5) is 0 Å². The average Bonchev–Trinajstić information content (AvgIpc) is 2.84. The molecule has 4 aliphatic heterocycles. The molecule has 8 atom stereocenters. The fourth-order valence-corrected chi connectivity index (χ4v) is 5.40. The number of ether oxygens (including phenoxy) is 3. The molecule has 5 fully saturated rings. The summed E-state index contributed by atoms with van der Waals surface area (Å²) in [5.74, 6) is -2.17.